The summed E-state index contributed by atoms with van der Waals surface area (Å²) in [6.45, 7) is 11.6. The quantitative estimate of drug-likeness (QED) is 0.470. The lowest BCUT2D eigenvalue weighted by Gasteiger charge is -2.08. The van der Waals surface area contributed by atoms with Gasteiger partial charge in [0.05, 0.1) is 12.1 Å². The molecule has 0 saturated heterocycles. The lowest BCUT2D eigenvalue weighted by atomic mass is 10.3. The van der Waals surface area contributed by atoms with Crippen LogP contribution in [-0.2, 0) is 9.53 Å². The van der Waals surface area contributed by atoms with Gasteiger partial charge in [-0.15, -0.1) is 17.9 Å². The molecule has 2 aromatic rings. The average molecular weight is 381 g/mol. The SMILES string of the molecule is C/C=C\CCOC(=O)C(N)c1nc2ccsc2c(=O)o1.C=CC.CCC. The number of hydrogen-bond acceptors (Lipinski definition) is 7. The first kappa shape index (κ1) is 23.8. The summed E-state index contributed by atoms with van der Waals surface area (Å²) in [6, 6.07) is 0.474. The van der Waals surface area contributed by atoms with Gasteiger partial charge >= 0.3 is 11.6 Å². The van der Waals surface area contributed by atoms with E-state index in [0.29, 0.717) is 16.6 Å². The summed E-state index contributed by atoms with van der Waals surface area (Å²) in [5, 5.41) is 1.72. The highest BCUT2D eigenvalue weighted by Crippen LogP contribution is 2.17. The van der Waals surface area contributed by atoms with Gasteiger partial charge in [0.15, 0.2) is 6.04 Å². The van der Waals surface area contributed by atoms with Crippen molar-refractivity contribution in [3.8, 4) is 0 Å². The van der Waals surface area contributed by atoms with Crippen LogP contribution in [0.2, 0.25) is 0 Å². The van der Waals surface area contributed by atoms with E-state index in [1.807, 2.05) is 26.0 Å². The van der Waals surface area contributed by atoms with Crippen molar-refractivity contribution in [1.29, 1.82) is 0 Å². The Labute approximate surface area is 158 Å². The van der Waals surface area contributed by atoms with Crippen molar-refractivity contribution in [2.75, 3.05) is 6.61 Å². The van der Waals surface area contributed by atoms with Gasteiger partial charge in [0.2, 0.25) is 5.89 Å². The van der Waals surface area contributed by atoms with Crippen molar-refractivity contribution < 1.29 is 13.9 Å². The van der Waals surface area contributed by atoms with Crippen LogP contribution in [0.4, 0.5) is 0 Å². The molecule has 0 bridgehead atoms. The Morgan fingerprint density at radius 1 is 1.46 bits per heavy atom. The molecule has 2 N–H and O–H groups in total. The highest BCUT2D eigenvalue weighted by Gasteiger charge is 2.23. The molecule has 1 unspecified atom stereocenters. The molecular formula is C19H28N2O4S. The number of fused-ring (bicyclic) bond motifs is 1. The van der Waals surface area contributed by atoms with Gasteiger partial charge in [-0.2, -0.15) is 0 Å². The number of ether oxygens (including phenoxy) is 1. The minimum atomic E-state index is -1.20. The standard InChI is InChI=1S/C13H14N2O4S.C3H8.C3H6/c1-2-3-4-6-18-12(16)9(14)11-15-8-5-7-20-10(8)13(17)19-11;2*1-3-2/h2-3,5,7,9H,4,6,14H2,1H3;3H2,1-2H3;3H,1H2,2H3/b3-2-;;. The van der Waals surface area contributed by atoms with Gasteiger partial charge in [0.25, 0.3) is 0 Å². The van der Waals surface area contributed by atoms with E-state index in [1.165, 1.54) is 17.8 Å². The van der Waals surface area contributed by atoms with Crippen LogP contribution in [0, 0.1) is 0 Å². The van der Waals surface area contributed by atoms with Gasteiger partial charge in [-0.1, -0.05) is 38.5 Å². The monoisotopic (exact) mass is 380 g/mol. The fourth-order valence-corrected chi connectivity index (χ4v) is 2.25. The molecule has 1 atom stereocenters. The fraction of sp³-hybridized carbons (Fsp3) is 0.421. The fourth-order valence-electron chi connectivity index (χ4n) is 1.54. The summed E-state index contributed by atoms with van der Waals surface area (Å²) in [5.41, 5.74) is 5.62. The average Bonchev–Trinajstić information content (AvgIpc) is 3.08. The second kappa shape index (κ2) is 14.0. The summed E-state index contributed by atoms with van der Waals surface area (Å²) >= 11 is 1.23. The molecule has 0 aliphatic rings. The van der Waals surface area contributed by atoms with E-state index in [9.17, 15) is 9.59 Å². The molecule has 0 aromatic carbocycles. The minimum Gasteiger partial charge on any atom is -0.464 e. The predicted octanol–water partition coefficient (Wildman–Crippen LogP) is 4.37. The lowest BCUT2D eigenvalue weighted by molar-refractivity contribution is -0.145. The van der Waals surface area contributed by atoms with E-state index in [1.54, 1.807) is 17.5 Å². The van der Waals surface area contributed by atoms with Gasteiger partial charge in [-0.05, 0) is 31.7 Å². The third kappa shape index (κ3) is 8.22. The van der Waals surface area contributed by atoms with E-state index in [-0.39, 0.29) is 12.5 Å². The third-order valence-corrected chi connectivity index (χ3v) is 3.43. The normalized spacial score (nSPS) is 11.1. The Bertz CT molecular complexity index is 749. The van der Waals surface area contributed by atoms with Crippen LogP contribution < -0.4 is 11.4 Å². The van der Waals surface area contributed by atoms with Crippen LogP contribution in [-0.4, -0.2) is 17.6 Å². The number of allylic oxidation sites excluding steroid dienone is 2. The van der Waals surface area contributed by atoms with Gasteiger partial charge in [0.1, 0.15) is 4.70 Å². The summed E-state index contributed by atoms with van der Waals surface area (Å²) in [7, 11) is 0. The van der Waals surface area contributed by atoms with Crippen molar-refractivity contribution in [2.45, 2.75) is 46.6 Å². The van der Waals surface area contributed by atoms with Crippen molar-refractivity contribution in [2.24, 2.45) is 5.73 Å². The second-order valence-electron chi connectivity index (χ2n) is 5.09. The number of hydrogen-bond donors (Lipinski definition) is 1. The Kier molecular flexibility index (Phi) is 12.8. The molecule has 6 nitrogen and oxygen atoms in total. The molecular weight excluding hydrogens is 352 g/mol. The predicted molar refractivity (Wildman–Crippen MR) is 107 cm³/mol. The number of rotatable bonds is 5. The van der Waals surface area contributed by atoms with Crippen molar-refractivity contribution >= 4 is 27.5 Å². The maximum Gasteiger partial charge on any atom is 0.357 e. The zero-order valence-corrected chi connectivity index (χ0v) is 16.7. The van der Waals surface area contributed by atoms with Gasteiger partial charge in [-0.25, -0.2) is 14.6 Å². The van der Waals surface area contributed by atoms with Crippen molar-refractivity contribution in [1.82, 2.24) is 4.98 Å². The second-order valence-corrected chi connectivity index (χ2v) is 6.01. The molecule has 26 heavy (non-hydrogen) atoms. The zero-order chi connectivity index (χ0) is 19.9. The molecule has 0 spiro atoms. The summed E-state index contributed by atoms with van der Waals surface area (Å²) in [4.78, 5) is 27.5. The van der Waals surface area contributed by atoms with E-state index >= 15 is 0 Å². The number of carbonyl (C=O) groups is 1. The number of esters is 1. The molecule has 2 rings (SSSR count). The maximum absolute atomic E-state index is 11.7. The number of aromatic nitrogens is 1. The minimum absolute atomic E-state index is 0.128. The Hall–Kier alpha value is -2.25. The van der Waals surface area contributed by atoms with Crippen LogP contribution in [0.5, 0.6) is 0 Å². The van der Waals surface area contributed by atoms with Crippen LogP contribution in [0.25, 0.3) is 10.2 Å². The first-order chi connectivity index (χ1) is 12.5. The topological polar surface area (TPSA) is 95.4 Å². The molecule has 2 aromatic heterocycles. The maximum atomic E-state index is 11.7. The molecule has 0 amide bonds. The lowest BCUT2D eigenvalue weighted by Crippen LogP contribution is -2.26. The number of nitrogens with zero attached hydrogens (tertiary/aromatic N) is 1. The highest BCUT2D eigenvalue weighted by atomic mass is 32.1. The molecule has 0 fully saturated rings. The largest absolute Gasteiger partial charge is 0.464 e. The van der Waals surface area contributed by atoms with Crippen LogP contribution in [0.1, 0.15) is 52.5 Å². The van der Waals surface area contributed by atoms with Crippen molar-refractivity contribution in [3.63, 3.8) is 0 Å². The number of nitrogens with two attached hydrogens (primary N) is 1. The summed E-state index contributed by atoms with van der Waals surface area (Å²) in [6.07, 6.45) is 7.34. The van der Waals surface area contributed by atoms with E-state index in [4.69, 9.17) is 14.9 Å². The molecule has 0 radical (unpaired) electrons. The molecule has 0 aliphatic carbocycles. The van der Waals surface area contributed by atoms with E-state index in [0.717, 1.165) is 0 Å². The molecule has 0 saturated carbocycles. The number of thiophene rings is 1. The zero-order valence-electron chi connectivity index (χ0n) is 15.9. The summed E-state index contributed by atoms with van der Waals surface area (Å²) in [5.74, 6) is -0.795. The Balaban J connectivity index is 0.000000918. The van der Waals surface area contributed by atoms with Crippen molar-refractivity contribution in [3.05, 3.63) is 52.6 Å². The highest BCUT2D eigenvalue weighted by molar-refractivity contribution is 7.17. The van der Waals surface area contributed by atoms with Crippen LogP contribution in [0.3, 0.4) is 0 Å². The van der Waals surface area contributed by atoms with Crippen LogP contribution in [0.15, 0.2) is 45.5 Å². The molecule has 7 heteroatoms. The van der Waals surface area contributed by atoms with Gasteiger partial charge in [0, 0.05) is 0 Å². The Morgan fingerprint density at radius 3 is 2.65 bits per heavy atom. The number of carbonyl (C=O) groups excluding carboxylic acids is 1. The smallest absolute Gasteiger partial charge is 0.357 e. The van der Waals surface area contributed by atoms with Gasteiger partial charge < -0.3 is 14.9 Å². The van der Waals surface area contributed by atoms with Gasteiger partial charge in [-0.3, -0.25) is 0 Å². The molecule has 144 valence electrons. The Morgan fingerprint density at radius 2 is 2.08 bits per heavy atom. The first-order valence-electron chi connectivity index (χ1n) is 8.45. The van der Waals surface area contributed by atoms with E-state index in [2.05, 4.69) is 25.4 Å². The van der Waals surface area contributed by atoms with Crippen LogP contribution >= 0.6 is 11.3 Å². The first-order valence-corrected chi connectivity index (χ1v) is 9.33. The molecule has 2 heterocycles. The third-order valence-electron chi connectivity index (χ3n) is 2.54. The molecule has 0 aliphatic heterocycles. The summed E-state index contributed by atoms with van der Waals surface area (Å²) < 4.78 is 10.3. The van der Waals surface area contributed by atoms with E-state index < -0.39 is 17.6 Å².